The van der Waals surface area contributed by atoms with E-state index in [0.29, 0.717) is 12.0 Å². The van der Waals surface area contributed by atoms with Crippen molar-refractivity contribution >= 4 is 0 Å². The van der Waals surface area contributed by atoms with Gasteiger partial charge >= 0.3 is 6.61 Å². The lowest BCUT2D eigenvalue weighted by Crippen LogP contribution is -2.38. The summed E-state index contributed by atoms with van der Waals surface area (Å²) in [5.41, 5.74) is 1.06. The number of nitrogens with one attached hydrogen (secondary N) is 1. The van der Waals surface area contributed by atoms with Crippen LogP contribution < -0.4 is 10.1 Å². The van der Waals surface area contributed by atoms with Crippen molar-refractivity contribution in [2.75, 3.05) is 20.6 Å². The van der Waals surface area contributed by atoms with Gasteiger partial charge in [0.2, 0.25) is 0 Å². The number of halogens is 2. The van der Waals surface area contributed by atoms with Gasteiger partial charge in [-0.1, -0.05) is 26.0 Å². The predicted molar refractivity (Wildman–Crippen MR) is 81.7 cm³/mol. The second kappa shape index (κ2) is 8.95. The molecule has 0 fully saturated rings. The van der Waals surface area contributed by atoms with Crippen molar-refractivity contribution in [1.82, 2.24) is 10.2 Å². The van der Waals surface area contributed by atoms with Crippen LogP contribution in [0.1, 0.15) is 25.8 Å². The van der Waals surface area contributed by atoms with Crippen molar-refractivity contribution in [2.24, 2.45) is 5.92 Å². The van der Waals surface area contributed by atoms with Gasteiger partial charge in [0.1, 0.15) is 5.75 Å². The smallest absolute Gasteiger partial charge is 0.387 e. The van der Waals surface area contributed by atoms with Crippen LogP contribution in [0.2, 0.25) is 0 Å². The third kappa shape index (κ3) is 7.97. The minimum Gasteiger partial charge on any atom is -0.435 e. The highest BCUT2D eigenvalue weighted by molar-refractivity contribution is 5.27. The lowest BCUT2D eigenvalue weighted by atomic mass is 10.0. The van der Waals surface area contributed by atoms with Gasteiger partial charge in [0.25, 0.3) is 0 Å². The summed E-state index contributed by atoms with van der Waals surface area (Å²) < 4.78 is 28.5. The van der Waals surface area contributed by atoms with Crippen LogP contribution in [0.4, 0.5) is 8.78 Å². The maximum atomic E-state index is 12.1. The van der Waals surface area contributed by atoms with Gasteiger partial charge in [-0.15, -0.1) is 0 Å². The average molecular weight is 300 g/mol. The van der Waals surface area contributed by atoms with E-state index in [1.807, 2.05) is 12.1 Å². The van der Waals surface area contributed by atoms with Crippen molar-refractivity contribution in [3.05, 3.63) is 29.8 Å². The Balaban J connectivity index is 2.50. The molecule has 0 saturated heterocycles. The minimum atomic E-state index is -2.77. The molecule has 0 aromatic heterocycles. The molecule has 21 heavy (non-hydrogen) atoms. The number of hydrogen-bond donors (Lipinski definition) is 1. The molecule has 0 amide bonds. The Morgan fingerprint density at radius 1 is 1.14 bits per heavy atom. The molecule has 0 aliphatic carbocycles. The molecule has 1 aromatic rings. The van der Waals surface area contributed by atoms with Crippen LogP contribution in [-0.2, 0) is 6.54 Å². The first kappa shape index (κ1) is 17.9. The number of ether oxygens (including phenoxy) is 1. The standard InChI is InChI=1S/C16H26F2N2O/c1-12(2)9-14(11-20(3)4)19-10-13-5-7-15(8-6-13)21-16(17)18/h5-8,12,14,16,19H,9-11H2,1-4H3. The maximum Gasteiger partial charge on any atom is 0.387 e. The van der Waals surface area contributed by atoms with E-state index in [2.05, 4.69) is 42.9 Å². The van der Waals surface area contributed by atoms with Crippen molar-refractivity contribution in [2.45, 2.75) is 39.5 Å². The summed E-state index contributed by atoms with van der Waals surface area (Å²) in [5.74, 6) is 0.824. The summed E-state index contributed by atoms with van der Waals surface area (Å²) in [6.07, 6.45) is 1.10. The molecule has 1 atom stereocenters. The lowest BCUT2D eigenvalue weighted by Gasteiger charge is -2.24. The Bertz CT molecular complexity index is 384. The third-order valence-electron chi connectivity index (χ3n) is 3.08. The Morgan fingerprint density at radius 3 is 2.24 bits per heavy atom. The fourth-order valence-electron chi connectivity index (χ4n) is 2.28. The van der Waals surface area contributed by atoms with E-state index in [1.54, 1.807) is 12.1 Å². The fourth-order valence-corrected chi connectivity index (χ4v) is 2.28. The quantitative estimate of drug-likeness (QED) is 0.757. The van der Waals surface area contributed by atoms with Crippen LogP contribution in [0.15, 0.2) is 24.3 Å². The molecule has 0 aliphatic rings. The first-order chi connectivity index (χ1) is 9.86. The number of rotatable bonds is 9. The van der Waals surface area contributed by atoms with Crippen LogP contribution >= 0.6 is 0 Å². The van der Waals surface area contributed by atoms with Gasteiger partial charge < -0.3 is 15.0 Å². The van der Waals surface area contributed by atoms with E-state index in [0.717, 1.165) is 25.1 Å². The normalized spacial score (nSPS) is 13.2. The Kier molecular flexibility index (Phi) is 7.61. The SMILES string of the molecule is CC(C)CC(CN(C)C)NCc1ccc(OC(F)F)cc1. The summed E-state index contributed by atoms with van der Waals surface area (Å²) in [6, 6.07) is 7.19. The molecule has 1 unspecified atom stereocenters. The number of likely N-dealkylation sites (N-methyl/N-ethyl adjacent to an activating group) is 1. The molecule has 0 bridgehead atoms. The number of hydrogen-bond acceptors (Lipinski definition) is 3. The highest BCUT2D eigenvalue weighted by Crippen LogP contribution is 2.15. The second-order valence-corrected chi connectivity index (χ2v) is 5.99. The Labute approximate surface area is 126 Å². The fraction of sp³-hybridized carbons (Fsp3) is 0.625. The molecule has 0 aliphatic heterocycles. The highest BCUT2D eigenvalue weighted by Gasteiger charge is 2.11. The molecule has 120 valence electrons. The highest BCUT2D eigenvalue weighted by atomic mass is 19.3. The van der Waals surface area contributed by atoms with Gasteiger partial charge in [-0.2, -0.15) is 8.78 Å². The molecule has 1 aromatic carbocycles. The van der Waals surface area contributed by atoms with Gasteiger partial charge in [0.15, 0.2) is 0 Å². The Morgan fingerprint density at radius 2 is 1.76 bits per heavy atom. The van der Waals surface area contributed by atoms with Gasteiger partial charge in [-0.3, -0.25) is 0 Å². The summed E-state index contributed by atoms with van der Waals surface area (Å²) in [7, 11) is 4.12. The molecule has 0 spiro atoms. The molecular weight excluding hydrogens is 274 g/mol. The minimum absolute atomic E-state index is 0.195. The van der Waals surface area contributed by atoms with Gasteiger partial charge in [0, 0.05) is 19.1 Å². The summed E-state index contributed by atoms with van der Waals surface area (Å²) in [6.45, 7) is 3.34. The van der Waals surface area contributed by atoms with Gasteiger partial charge in [-0.05, 0) is 44.1 Å². The zero-order chi connectivity index (χ0) is 15.8. The van der Waals surface area contributed by atoms with Crippen LogP contribution in [0.25, 0.3) is 0 Å². The van der Waals surface area contributed by atoms with Crippen LogP contribution in [0, 0.1) is 5.92 Å². The van der Waals surface area contributed by atoms with Crippen molar-refractivity contribution in [3.8, 4) is 5.75 Å². The predicted octanol–water partition coefficient (Wildman–Crippen LogP) is 3.35. The molecule has 3 nitrogen and oxygen atoms in total. The van der Waals surface area contributed by atoms with Crippen molar-refractivity contribution in [1.29, 1.82) is 0 Å². The number of alkyl halides is 2. The Hall–Kier alpha value is -1.20. The first-order valence-corrected chi connectivity index (χ1v) is 7.28. The monoisotopic (exact) mass is 300 g/mol. The zero-order valence-corrected chi connectivity index (χ0v) is 13.3. The van der Waals surface area contributed by atoms with Crippen molar-refractivity contribution in [3.63, 3.8) is 0 Å². The third-order valence-corrected chi connectivity index (χ3v) is 3.08. The molecule has 1 N–H and O–H groups in total. The van der Waals surface area contributed by atoms with E-state index < -0.39 is 6.61 Å². The average Bonchev–Trinajstić information content (AvgIpc) is 2.35. The van der Waals surface area contributed by atoms with E-state index in [4.69, 9.17) is 0 Å². The molecule has 0 saturated carbocycles. The maximum absolute atomic E-state index is 12.1. The van der Waals surface area contributed by atoms with E-state index >= 15 is 0 Å². The molecular formula is C16H26F2N2O. The zero-order valence-electron chi connectivity index (χ0n) is 13.3. The van der Waals surface area contributed by atoms with Crippen LogP contribution in [0.5, 0.6) is 5.75 Å². The van der Waals surface area contributed by atoms with E-state index in [9.17, 15) is 8.78 Å². The van der Waals surface area contributed by atoms with Crippen LogP contribution in [0.3, 0.4) is 0 Å². The molecule has 0 radical (unpaired) electrons. The van der Waals surface area contributed by atoms with Gasteiger partial charge in [0.05, 0.1) is 0 Å². The molecule has 1 rings (SSSR count). The molecule has 5 heteroatoms. The second-order valence-electron chi connectivity index (χ2n) is 5.99. The van der Waals surface area contributed by atoms with E-state index in [-0.39, 0.29) is 5.75 Å². The lowest BCUT2D eigenvalue weighted by molar-refractivity contribution is -0.0498. The van der Waals surface area contributed by atoms with Gasteiger partial charge in [-0.25, -0.2) is 0 Å². The topological polar surface area (TPSA) is 24.5 Å². The summed E-state index contributed by atoms with van der Waals surface area (Å²) in [5, 5.41) is 3.53. The largest absolute Gasteiger partial charge is 0.435 e. The summed E-state index contributed by atoms with van der Waals surface area (Å²) in [4.78, 5) is 2.17. The van der Waals surface area contributed by atoms with E-state index in [1.165, 1.54) is 0 Å². The first-order valence-electron chi connectivity index (χ1n) is 7.28. The summed E-state index contributed by atoms with van der Waals surface area (Å²) >= 11 is 0. The molecule has 0 heterocycles. The van der Waals surface area contributed by atoms with Crippen LogP contribution in [-0.4, -0.2) is 38.2 Å². The number of nitrogens with zero attached hydrogens (tertiary/aromatic N) is 1. The number of benzene rings is 1. The van der Waals surface area contributed by atoms with Crippen molar-refractivity contribution < 1.29 is 13.5 Å².